The fourth-order valence-corrected chi connectivity index (χ4v) is 1.77. The van der Waals surface area contributed by atoms with Gasteiger partial charge >= 0.3 is 11.9 Å². The van der Waals surface area contributed by atoms with E-state index in [1.54, 1.807) is 19.9 Å². The first kappa shape index (κ1) is 17.8. The van der Waals surface area contributed by atoms with Crippen molar-refractivity contribution >= 4 is 24.0 Å². The molecule has 1 aromatic rings. The summed E-state index contributed by atoms with van der Waals surface area (Å²) in [5, 5.41) is 0. The zero-order valence-electron chi connectivity index (χ0n) is 13.2. The zero-order valence-corrected chi connectivity index (χ0v) is 13.2. The summed E-state index contributed by atoms with van der Waals surface area (Å²) in [6.45, 7) is 5.79. The maximum Gasteiger partial charge on any atom is 0.325 e. The highest BCUT2D eigenvalue weighted by Crippen LogP contribution is 2.11. The van der Waals surface area contributed by atoms with Crippen molar-refractivity contribution in [3.05, 3.63) is 23.9 Å². The quantitative estimate of drug-likeness (QED) is 0.419. The van der Waals surface area contributed by atoms with Crippen molar-refractivity contribution in [1.82, 2.24) is 4.98 Å². The summed E-state index contributed by atoms with van der Waals surface area (Å²) >= 11 is 0. The topological polar surface area (TPSA) is 77.8 Å². The van der Waals surface area contributed by atoms with Crippen LogP contribution in [0.5, 0.6) is 0 Å². The van der Waals surface area contributed by atoms with E-state index >= 15 is 0 Å². The number of aryl methyl sites for hydroxylation is 1. The van der Waals surface area contributed by atoms with Crippen LogP contribution in [0.4, 0.5) is 5.82 Å². The third-order valence-corrected chi connectivity index (χ3v) is 2.74. The Bertz CT molecular complexity index is 511. The monoisotopic (exact) mass is 306 g/mol. The fourth-order valence-electron chi connectivity index (χ4n) is 1.77. The molecule has 0 N–H and O–H groups in total. The Hall–Kier alpha value is -2.24. The lowest BCUT2D eigenvalue weighted by molar-refractivity contribution is -0.157. The van der Waals surface area contributed by atoms with E-state index < -0.39 is 17.9 Å². The second-order valence-corrected chi connectivity index (χ2v) is 4.50. The van der Waals surface area contributed by atoms with Crippen LogP contribution in [0.3, 0.4) is 0 Å². The van der Waals surface area contributed by atoms with Crippen LogP contribution in [-0.4, -0.2) is 36.4 Å². The molecule has 120 valence electrons. The van der Waals surface area contributed by atoms with Crippen LogP contribution < -0.4 is 0 Å². The largest absolute Gasteiger partial charge is 0.465 e. The minimum atomic E-state index is -1.17. The number of nitrogens with zero attached hydrogens (tertiary/aromatic N) is 2. The third kappa shape index (κ3) is 5.63. The van der Waals surface area contributed by atoms with Gasteiger partial charge in [-0.15, -0.1) is 0 Å². The van der Waals surface area contributed by atoms with Crippen LogP contribution in [0.25, 0.3) is 0 Å². The Balaban J connectivity index is 2.89. The van der Waals surface area contributed by atoms with Gasteiger partial charge in [0.15, 0.2) is 11.7 Å². The van der Waals surface area contributed by atoms with Crippen LogP contribution in [0.15, 0.2) is 23.2 Å². The van der Waals surface area contributed by atoms with Gasteiger partial charge < -0.3 is 9.47 Å². The Morgan fingerprint density at radius 1 is 1.18 bits per heavy atom. The molecule has 6 heteroatoms. The van der Waals surface area contributed by atoms with Crippen LogP contribution in [-0.2, 0) is 25.5 Å². The van der Waals surface area contributed by atoms with Crippen LogP contribution >= 0.6 is 0 Å². The molecule has 0 aliphatic carbocycles. The van der Waals surface area contributed by atoms with Gasteiger partial charge in [-0.2, -0.15) is 0 Å². The Labute approximate surface area is 130 Å². The lowest BCUT2D eigenvalue weighted by atomic mass is 10.2. The number of esters is 2. The highest BCUT2D eigenvalue weighted by molar-refractivity contribution is 6.09. The first-order valence-corrected chi connectivity index (χ1v) is 7.45. The molecule has 0 aliphatic heterocycles. The second kappa shape index (κ2) is 9.65. The van der Waals surface area contributed by atoms with Crippen molar-refractivity contribution in [1.29, 1.82) is 0 Å². The van der Waals surface area contributed by atoms with Crippen molar-refractivity contribution in [2.75, 3.05) is 13.2 Å². The first-order chi connectivity index (χ1) is 10.6. The molecule has 0 unspecified atom stereocenters. The smallest absolute Gasteiger partial charge is 0.325 e. The summed E-state index contributed by atoms with van der Waals surface area (Å²) in [7, 11) is 0. The summed E-state index contributed by atoms with van der Waals surface area (Å²) in [4.78, 5) is 32.1. The lowest BCUT2D eigenvalue weighted by Gasteiger charge is -2.09. The number of pyridine rings is 1. The van der Waals surface area contributed by atoms with Crippen molar-refractivity contribution in [2.24, 2.45) is 10.9 Å². The fraction of sp³-hybridized carbons (Fsp3) is 0.500. The molecule has 0 aliphatic rings. The lowest BCUT2D eigenvalue weighted by Crippen LogP contribution is -2.29. The molecule has 0 fully saturated rings. The summed E-state index contributed by atoms with van der Waals surface area (Å²) in [6.07, 6.45) is 3.06. The predicted molar refractivity (Wildman–Crippen MR) is 83.1 cm³/mol. The minimum absolute atomic E-state index is 0.187. The summed E-state index contributed by atoms with van der Waals surface area (Å²) < 4.78 is 9.74. The molecule has 0 saturated heterocycles. The van der Waals surface area contributed by atoms with Gasteiger partial charge in [-0.25, -0.2) is 9.98 Å². The van der Waals surface area contributed by atoms with Gasteiger partial charge in [0, 0.05) is 11.9 Å². The normalized spacial score (nSPS) is 10.9. The van der Waals surface area contributed by atoms with Crippen LogP contribution in [0.2, 0.25) is 0 Å². The summed E-state index contributed by atoms with van der Waals surface area (Å²) in [5.41, 5.74) is 0.918. The van der Waals surface area contributed by atoms with Gasteiger partial charge in [-0.05, 0) is 32.4 Å². The molecule has 0 aromatic carbocycles. The molecular formula is C16H22N2O4. The minimum Gasteiger partial charge on any atom is -0.465 e. The number of hydrogen-bond donors (Lipinski definition) is 0. The molecule has 1 aromatic heterocycles. The van der Waals surface area contributed by atoms with Gasteiger partial charge in [0.05, 0.1) is 13.2 Å². The second-order valence-electron chi connectivity index (χ2n) is 4.50. The van der Waals surface area contributed by atoms with Crippen LogP contribution in [0, 0.1) is 5.92 Å². The van der Waals surface area contributed by atoms with Gasteiger partial charge in [0.25, 0.3) is 0 Å². The molecule has 0 spiro atoms. The first-order valence-electron chi connectivity index (χ1n) is 7.45. The predicted octanol–water partition coefficient (Wildman–Crippen LogP) is 2.48. The number of ether oxygens (including phenoxy) is 2. The number of carbonyl (C=O) groups is 2. The SMILES string of the molecule is CCCc1cccc(N=CC(C(=O)OCC)C(=O)OCC)n1. The van der Waals surface area contributed by atoms with Crippen molar-refractivity contribution in [3.8, 4) is 0 Å². The summed E-state index contributed by atoms with van der Waals surface area (Å²) in [5.74, 6) is -2.06. The Morgan fingerprint density at radius 2 is 1.82 bits per heavy atom. The van der Waals surface area contributed by atoms with E-state index in [9.17, 15) is 9.59 Å². The standard InChI is InChI=1S/C16H22N2O4/c1-4-8-12-9-7-10-14(18-12)17-11-13(15(19)21-5-2)16(20)22-6-3/h7,9-11,13H,4-6,8H2,1-3H3. The number of aromatic nitrogens is 1. The van der Waals surface area contributed by atoms with Gasteiger partial charge in [0.1, 0.15) is 0 Å². The Kier molecular flexibility index (Phi) is 7.81. The average Bonchev–Trinajstić information content (AvgIpc) is 2.49. The molecule has 0 atom stereocenters. The number of hydrogen-bond acceptors (Lipinski definition) is 6. The van der Waals surface area contributed by atoms with E-state index in [4.69, 9.17) is 9.47 Å². The molecule has 0 amide bonds. The van der Waals surface area contributed by atoms with E-state index in [1.165, 1.54) is 6.21 Å². The number of rotatable bonds is 8. The number of aliphatic imine (C=N–C) groups is 1. The summed E-state index contributed by atoms with van der Waals surface area (Å²) in [6, 6.07) is 5.47. The van der Waals surface area contributed by atoms with E-state index in [2.05, 4.69) is 16.9 Å². The number of carbonyl (C=O) groups excluding carboxylic acids is 2. The molecule has 6 nitrogen and oxygen atoms in total. The molecular weight excluding hydrogens is 284 g/mol. The third-order valence-electron chi connectivity index (χ3n) is 2.74. The average molecular weight is 306 g/mol. The molecule has 1 rings (SSSR count). The van der Waals surface area contributed by atoms with E-state index in [0.29, 0.717) is 5.82 Å². The van der Waals surface area contributed by atoms with Gasteiger partial charge in [-0.3, -0.25) is 9.59 Å². The molecule has 0 bridgehead atoms. The highest BCUT2D eigenvalue weighted by Gasteiger charge is 2.27. The van der Waals surface area contributed by atoms with E-state index in [1.807, 2.05) is 12.1 Å². The van der Waals surface area contributed by atoms with Crippen molar-refractivity contribution in [2.45, 2.75) is 33.6 Å². The van der Waals surface area contributed by atoms with Gasteiger partial charge in [-0.1, -0.05) is 19.4 Å². The van der Waals surface area contributed by atoms with Gasteiger partial charge in [0.2, 0.25) is 0 Å². The van der Waals surface area contributed by atoms with E-state index in [-0.39, 0.29) is 13.2 Å². The van der Waals surface area contributed by atoms with Crippen molar-refractivity contribution in [3.63, 3.8) is 0 Å². The zero-order chi connectivity index (χ0) is 16.4. The maximum atomic E-state index is 11.8. The molecule has 22 heavy (non-hydrogen) atoms. The highest BCUT2D eigenvalue weighted by atomic mass is 16.6. The van der Waals surface area contributed by atoms with E-state index in [0.717, 1.165) is 18.5 Å². The van der Waals surface area contributed by atoms with Crippen molar-refractivity contribution < 1.29 is 19.1 Å². The molecule has 0 saturated carbocycles. The molecule has 0 radical (unpaired) electrons. The van der Waals surface area contributed by atoms with Crippen LogP contribution in [0.1, 0.15) is 32.9 Å². The maximum absolute atomic E-state index is 11.8. The Morgan fingerprint density at radius 3 is 2.36 bits per heavy atom. The molecule has 1 heterocycles.